The molecule has 1 rings (SSSR count). The van der Waals surface area contributed by atoms with Gasteiger partial charge in [-0.25, -0.2) is 8.42 Å². The highest BCUT2D eigenvalue weighted by Crippen LogP contribution is 2.24. The molecule has 0 aliphatic carbocycles. The largest absolute Gasteiger partial charge is 0.379 e. The van der Waals surface area contributed by atoms with Gasteiger partial charge >= 0.3 is 5.76 Å². The Morgan fingerprint density at radius 3 is 2.05 bits per heavy atom. The van der Waals surface area contributed by atoms with Gasteiger partial charge in [-0.3, -0.25) is 0 Å². The summed E-state index contributed by atoms with van der Waals surface area (Å²) in [6.45, 7) is 5.59. The summed E-state index contributed by atoms with van der Waals surface area (Å²) in [6, 6.07) is 5.18. The zero-order valence-corrected chi connectivity index (χ0v) is 12.4. The maximum atomic E-state index is 12.4. The first-order valence-corrected chi connectivity index (χ1v) is 7.60. The van der Waals surface area contributed by atoms with Crippen molar-refractivity contribution < 1.29 is 17.2 Å². The molecule has 0 aromatic heterocycles. The van der Waals surface area contributed by atoms with Crippen LogP contribution in [0.15, 0.2) is 29.2 Å². The molecule has 0 amide bonds. The minimum Gasteiger partial charge on any atom is -0.379 e. The molecule has 1 aromatic rings. The van der Waals surface area contributed by atoms with E-state index in [0.29, 0.717) is 5.69 Å². The maximum absolute atomic E-state index is 12.4. The van der Waals surface area contributed by atoms with E-state index in [2.05, 4.69) is 5.32 Å². The molecule has 0 spiro atoms. The van der Waals surface area contributed by atoms with Gasteiger partial charge in [0.05, 0.1) is 10.3 Å². The van der Waals surface area contributed by atoms with Gasteiger partial charge in [0.2, 0.25) is 9.84 Å². The first-order chi connectivity index (χ1) is 8.57. The highest BCUT2D eigenvalue weighted by molar-refractivity contribution is 7.91. The SMILES string of the molecule is CC(Cl)C(C)(C)Nc1ccc(S(=O)(=O)C(F)F)cc1. The van der Waals surface area contributed by atoms with Crippen LogP contribution in [0.5, 0.6) is 0 Å². The fraction of sp³-hybridized carbons (Fsp3) is 0.500. The average Bonchev–Trinajstić information content (AvgIpc) is 2.28. The lowest BCUT2D eigenvalue weighted by atomic mass is 10.0. The predicted octanol–water partition coefficient (Wildman–Crippen LogP) is 3.50. The van der Waals surface area contributed by atoms with E-state index in [0.717, 1.165) is 12.1 Å². The second-order valence-corrected chi connectivity index (χ2v) is 7.37. The molecule has 3 nitrogen and oxygen atoms in total. The average molecular weight is 312 g/mol. The van der Waals surface area contributed by atoms with Crippen molar-refractivity contribution in [1.29, 1.82) is 0 Å². The molecule has 0 aliphatic rings. The summed E-state index contributed by atoms with van der Waals surface area (Å²) in [7, 11) is -4.54. The van der Waals surface area contributed by atoms with Gasteiger partial charge in [0.1, 0.15) is 0 Å². The van der Waals surface area contributed by atoms with E-state index in [4.69, 9.17) is 11.6 Å². The van der Waals surface area contributed by atoms with Gasteiger partial charge in [-0.05, 0) is 45.0 Å². The van der Waals surface area contributed by atoms with Crippen LogP contribution >= 0.6 is 11.6 Å². The Balaban J connectivity index is 2.96. The minimum atomic E-state index is -4.54. The van der Waals surface area contributed by atoms with Crippen LogP contribution in [-0.4, -0.2) is 25.1 Å². The van der Waals surface area contributed by atoms with E-state index >= 15 is 0 Å². The molecule has 0 bridgehead atoms. The molecule has 1 aromatic carbocycles. The molecular formula is C12H16ClF2NO2S. The van der Waals surface area contributed by atoms with E-state index in [-0.39, 0.29) is 5.38 Å². The fourth-order valence-electron chi connectivity index (χ4n) is 1.30. The lowest BCUT2D eigenvalue weighted by Gasteiger charge is -2.30. The van der Waals surface area contributed by atoms with Gasteiger partial charge in [-0.2, -0.15) is 8.78 Å². The van der Waals surface area contributed by atoms with Gasteiger partial charge in [-0.1, -0.05) is 0 Å². The van der Waals surface area contributed by atoms with Crippen molar-refractivity contribution in [2.75, 3.05) is 5.32 Å². The number of sulfone groups is 1. The summed E-state index contributed by atoms with van der Waals surface area (Å²) in [5.41, 5.74) is 0.204. The molecular weight excluding hydrogens is 296 g/mol. The Kier molecular flexibility index (Phi) is 4.79. The first-order valence-electron chi connectivity index (χ1n) is 5.62. The topological polar surface area (TPSA) is 46.2 Å². The summed E-state index contributed by atoms with van der Waals surface area (Å²) in [6.07, 6.45) is 0. The molecule has 108 valence electrons. The summed E-state index contributed by atoms with van der Waals surface area (Å²) >= 11 is 6.01. The predicted molar refractivity (Wildman–Crippen MR) is 72.6 cm³/mol. The molecule has 1 N–H and O–H groups in total. The van der Waals surface area contributed by atoms with Crippen molar-refractivity contribution in [1.82, 2.24) is 0 Å². The number of rotatable bonds is 5. The highest BCUT2D eigenvalue weighted by Gasteiger charge is 2.27. The number of hydrogen-bond acceptors (Lipinski definition) is 3. The van der Waals surface area contributed by atoms with E-state index in [1.807, 2.05) is 20.8 Å². The number of halogens is 3. The van der Waals surface area contributed by atoms with Crippen LogP contribution in [-0.2, 0) is 9.84 Å². The Hall–Kier alpha value is -0.880. The van der Waals surface area contributed by atoms with Crippen LogP contribution in [0.2, 0.25) is 0 Å². The van der Waals surface area contributed by atoms with Gasteiger partial charge < -0.3 is 5.32 Å². The molecule has 19 heavy (non-hydrogen) atoms. The quantitative estimate of drug-likeness (QED) is 0.847. The Morgan fingerprint density at radius 2 is 1.68 bits per heavy atom. The van der Waals surface area contributed by atoms with Crippen LogP contribution in [0.3, 0.4) is 0 Å². The standard InChI is InChI=1S/C12H16ClF2NO2S/c1-8(13)12(2,3)16-9-4-6-10(7-5-9)19(17,18)11(14)15/h4-8,11,16H,1-3H3. The molecule has 1 unspecified atom stereocenters. The van der Waals surface area contributed by atoms with Gasteiger partial charge in [0.15, 0.2) is 0 Å². The number of hydrogen-bond donors (Lipinski definition) is 1. The first kappa shape index (κ1) is 16.2. The molecule has 0 aliphatic heterocycles. The molecule has 7 heteroatoms. The Bertz CT molecular complexity index is 527. The second kappa shape index (κ2) is 5.63. The lowest BCUT2D eigenvalue weighted by molar-refractivity contribution is 0.234. The van der Waals surface area contributed by atoms with Gasteiger partial charge in [0, 0.05) is 11.2 Å². The van der Waals surface area contributed by atoms with E-state index in [1.54, 1.807) is 0 Å². The van der Waals surface area contributed by atoms with Crippen LogP contribution in [0.4, 0.5) is 14.5 Å². The van der Waals surface area contributed by atoms with E-state index < -0.39 is 26.0 Å². The maximum Gasteiger partial charge on any atom is 0.341 e. The van der Waals surface area contributed by atoms with Crippen molar-refractivity contribution >= 4 is 27.1 Å². The van der Waals surface area contributed by atoms with Gasteiger partial charge in [-0.15, -0.1) is 11.6 Å². The summed E-state index contributed by atoms with van der Waals surface area (Å²) in [4.78, 5) is -0.398. The van der Waals surface area contributed by atoms with Crippen molar-refractivity contribution in [3.8, 4) is 0 Å². The molecule has 0 heterocycles. The number of nitrogens with one attached hydrogen (secondary N) is 1. The number of benzene rings is 1. The summed E-state index contributed by atoms with van der Waals surface area (Å²) in [5.74, 6) is -3.41. The van der Waals surface area contributed by atoms with Crippen molar-refractivity contribution in [2.24, 2.45) is 0 Å². The molecule has 0 saturated heterocycles. The second-order valence-electron chi connectivity index (χ2n) is 4.79. The highest BCUT2D eigenvalue weighted by atomic mass is 35.5. The van der Waals surface area contributed by atoms with Crippen molar-refractivity contribution in [3.63, 3.8) is 0 Å². The fourth-order valence-corrected chi connectivity index (χ4v) is 2.08. The van der Waals surface area contributed by atoms with Crippen LogP contribution in [0.25, 0.3) is 0 Å². The monoisotopic (exact) mass is 311 g/mol. The van der Waals surface area contributed by atoms with Crippen LogP contribution in [0.1, 0.15) is 20.8 Å². The van der Waals surface area contributed by atoms with Crippen LogP contribution in [0, 0.1) is 0 Å². The van der Waals surface area contributed by atoms with E-state index in [9.17, 15) is 17.2 Å². The normalized spacial score (nSPS) is 14.5. The van der Waals surface area contributed by atoms with Crippen molar-refractivity contribution in [2.45, 2.75) is 42.3 Å². The minimum absolute atomic E-state index is 0.169. The molecule has 0 saturated carbocycles. The Labute approximate surface area is 116 Å². The Morgan fingerprint density at radius 1 is 1.21 bits per heavy atom. The third kappa shape index (κ3) is 3.79. The van der Waals surface area contributed by atoms with E-state index in [1.165, 1.54) is 12.1 Å². The smallest absolute Gasteiger partial charge is 0.341 e. The molecule has 0 radical (unpaired) electrons. The summed E-state index contributed by atoms with van der Waals surface area (Å²) < 4.78 is 47.2. The molecule has 1 atom stereocenters. The molecule has 0 fully saturated rings. The number of alkyl halides is 3. The van der Waals surface area contributed by atoms with Crippen LogP contribution < -0.4 is 5.32 Å². The third-order valence-corrected chi connectivity index (χ3v) is 4.82. The van der Waals surface area contributed by atoms with Gasteiger partial charge in [0.25, 0.3) is 0 Å². The zero-order valence-electron chi connectivity index (χ0n) is 10.8. The van der Waals surface area contributed by atoms with Crippen molar-refractivity contribution in [3.05, 3.63) is 24.3 Å². The number of anilines is 1. The zero-order chi connectivity index (χ0) is 14.8. The third-order valence-electron chi connectivity index (χ3n) is 2.88. The summed E-state index contributed by atoms with van der Waals surface area (Å²) in [5, 5.41) is 2.94. The lowest BCUT2D eigenvalue weighted by Crippen LogP contribution is -2.38.